The van der Waals surface area contributed by atoms with E-state index in [9.17, 15) is 9.59 Å². The van der Waals surface area contributed by atoms with Gasteiger partial charge in [-0.2, -0.15) is 4.98 Å². The van der Waals surface area contributed by atoms with E-state index < -0.39 is 0 Å². The Morgan fingerprint density at radius 2 is 1.97 bits per heavy atom. The van der Waals surface area contributed by atoms with E-state index in [-0.39, 0.29) is 17.3 Å². The van der Waals surface area contributed by atoms with Crippen molar-refractivity contribution in [1.29, 1.82) is 0 Å². The number of anilines is 1. The van der Waals surface area contributed by atoms with Gasteiger partial charge in [0, 0.05) is 29.9 Å². The number of hydrogen-bond acceptors (Lipinski definition) is 4. The van der Waals surface area contributed by atoms with Crippen LogP contribution in [0.15, 0.2) is 40.2 Å². The third kappa shape index (κ3) is 5.70. The van der Waals surface area contributed by atoms with Crippen molar-refractivity contribution in [2.24, 2.45) is 0 Å². The average molecular weight is 416 g/mol. The van der Waals surface area contributed by atoms with Gasteiger partial charge in [0.15, 0.2) is 0 Å². The molecule has 29 heavy (non-hydrogen) atoms. The lowest BCUT2D eigenvalue weighted by molar-refractivity contribution is -0.896. The molecule has 0 aliphatic heterocycles. The minimum Gasteiger partial charge on any atom is -0.335 e. The molecule has 2 N–H and O–H groups in total. The molecule has 156 valence electrons. The number of nitrogens with one attached hydrogen (secondary N) is 2. The highest BCUT2D eigenvalue weighted by Crippen LogP contribution is 2.29. The number of rotatable bonds is 10. The maximum Gasteiger partial charge on any atom is 0.348 e. The molecule has 1 aromatic carbocycles. The number of carbonyl (C=O) groups is 1. The fourth-order valence-electron chi connectivity index (χ4n) is 3.88. The number of benzene rings is 1. The van der Waals surface area contributed by atoms with E-state index in [0.717, 1.165) is 73.8 Å². The molecule has 0 fully saturated rings. The van der Waals surface area contributed by atoms with Gasteiger partial charge in [-0.05, 0) is 45.2 Å². The van der Waals surface area contributed by atoms with Crippen LogP contribution in [0.25, 0.3) is 0 Å². The number of amides is 1. The van der Waals surface area contributed by atoms with E-state index in [4.69, 9.17) is 0 Å². The second kappa shape index (κ2) is 10.6. The SMILES string of the molecule is CC[NH+](CC)CCCn1c2c(c(SCC(=O)Nc3ccccc3)nc1=O)CCC2. The fraction of sp³-hybridized carbons (Fsp3) is 0.500. The monoisotopic (exact) mass is 415 g/mol. The van der Waals surface area contributed by atoms with Crippen molar-refractivity contribution in [3.63, 3.8) is 0 Å². The van der Waals surface area contributed by atoms with Crippen LogP contribution in [0.2, 0.25) is 0 Å². The molecule has 0 unspecified atom stereocenters. The van der Waals surface area contributed by atoms with Gasteiger partial charge >= 0.3 is 5.69 Å². The largest absolute Gasteiger partial charge is 0.348 e. The third-order valence-corrected chi connectivity index (χ3v) is 6.53. The van der Waals surface area contributed by atoms with Crippen molar-refractivity contribution in [3.05, 3.63) is 52.1 Å². The number of nitrogens with zero attached hydrogens (tertiary/aromatic N) is 2. The number of para-hydroxylation sites is 1. The highest BCUT2D eigenvalue weighted by Gasteiger charge is 2.22. The molecule has 2 aromatic rings. The summed E-state index contributed by atoms with van der Waals surface area (Å²) in [7, 11) is 0. The Labute approximate surface area is 176 Å². The normalized spacial score (nSPS) is 12.9. The molecule has 3 rings (SSSR count). The van der Waals surface area contributed by atoms with E-state index in [1.54, 1.807) is 4.90 Å². The summed E-state index contributed by atoms with van der Waals surface area (Å²) in [5.41, 5.74) is 2.90. The van der Waals surface area contributed by atoms with E-state index in [2.05, 4.69) is 24.1 Å². The van der Waals surface area contributed by atoms with Crippen LogP contribution in [0, 0.1) is 0 Å². The van der Waals surface area contributed by atoms with Crippen molar-refractivity contribution in [1.82, 2.24) is 9.55 Å². The summed E-state index contributed by atoms with van der Waals surface area (Å²) in [6.45, 7) is 8.43. The Balaban J connectivity index is 1.65. The first kappa shape index (κ1) is 21.6. The van der Waals surface area contributed by atoms with Crippen LogP contribution in [0.3, 0.4) is 0 Å². The van der Waals surface area contributed by atoms with Gasteiger partial charge in [0.1, 0.15) is 5.03 Å². The van der Waals surface area contributed by atoms with Crippen LogP contribution in [-0.2, 0) is 24.2 Å². The summed E-state index contributed by atoms with van der Waals surface area (Å²) in [4.78, 5) is 30.8. The molecule has 0 saturated heterocycles. The number of hydrogen-bond donors (Lipinski definition) is 2. The average Bonchev–Trinajstić information content (AvgIpc) is 3.22. The topological polar surface area (TPSA) is 68.4 Å². The Bertz CT molecular complexity index is 878. The predicted octanol–water partition coefficient (Wildman–Crippen LogP) is 1.78. The quantitative estimate of drug-likeness (QED) is 0.459. The number of aromatic nitrogens is 2. The van der Waals surface area contributed by atoms with Crippen LogP contribution in [0.5, 0.6) is 0 Å². The van der Waals surface area contributed by atoms with E-state index in [0.29, 0.717) is 0 Å². The lowest BCUT2D eigenvalue weighted by atomic mass is 10.2. The lowest BCUT2D eigenvalue weighted by Crippen LogP contribution is -3.11. The zero-order chi connectivity index (χ0) is 20.6. The minimum absolute atomic E-state index is 0.0823. The van der Waals surface area contributed by atoms with Gasteiger partial charge in [-0.15, -0.1) is 0 Å². The lowest BCUT2D eigenvalue weighted by Gasteiger charge is -2.17. The van der Waals surface area contributed by atoms with Crippen molar-refractivity contribution in [2.75, 3.05) is 30.7 Å². The highest BCUT2D eigenvalue weighted by atomic mass is 32.2. The molecule has 6 nitrogen and oxygen atoms in total. The van der Waals surface area contributed by atoms with Gasteiger partial charge in [0.2, 0.25) is 5.91 Å². The number of quaternary nitrogens is 1. The highest BCUT2D eigenvalue weighted by molar-refractivity contribution is 8.00. The Hall–Kier alpha value is -2.12. The van der Waals surface area contributed by atoms with E-state index in [1.165, 1.54) is 11.8 Å². The van der Waals surface area contributed by atoms with Crippen LogP contribution in [0.4, 0.5) is 5.69 Å². The third-order valence-electron chi connectivity index (χ3n) is 5.51. The van der Waals surface area contributed by atoms with Crippen molar-refractivity contribution >= 4 is 23.4 Å². The molecule has 0 saturated carbocycles. The predicted molar refractivity (Wildman–Crippen MR) is 118 cm³/mol. The van der Waals surface area contributed by atoms with E-state index >= 15 is 0 Å². The Kier molecular flexibility index (Phi) is 7.89. The summed E-state index contributed by atoms with van der Waals surface area (Å²) in [5.74, 6) is 0.171. The molecule has 1 aromatic heterocycles. The molecule has 7 heteroatoms. The summed E-state index contributed by atoms with van der Waals surface area (Å²) >= 11 is 1.37. The smallest absolute Gasteiger partial charge is 0.335 e. The molecule has 0 spiro atoms. The molecule has 0 atom stereocenters. The molecule has 0 bridgehead atoms. The van der Waals surface area contributed by atoms with Gasteiger partial charge < -0.3 is 10.2 Å². The van der Waals surface area contributed by atoms with Gasteiger partial charge in [-0.3, -0.25) is 9.36 Å². The maximum absolute atomic E-state index is 12.7. The van der Waals surface area contributed by atoms with Crippen LogP contribution in [-0.4, -0.2) is 40.8 Å². The van der Waals surface area contributed by atoms with Crippen LogP contribution >= 0.6 is 11.8 Å². The number of thioether (sulfide) groups is 1. The zero-order valence-electron chi connectivity index (χ0n) is 17.4. The molecule has 1 aliphatic rings. The first-order valence-electron chi connectivity index (χ1n) is 10.6. The van der Waals surface area contributed by atoms with Gasteiger partial charge in [-0.1, -0.05) is 30.0 Å². The number of carbonyl (C=O) groups excluding carboxylic acids is 1. The van der Waals surface area contributed by atoms with Crippen molar-refractivity contribution < 1.29 is 9.69 Å². The summed E-state index contributed by atoms with van der Waals surface area (Å²) < 4.78 is 1.87. The first-order valence-corrected chi connectivity index (χ1v) is 11.5. The summed E-state index contributed by atoms with van der Waals surface area (Å²) in [6, 6.07) is 9.41. The van der Waals surface area contributed by atoms with Crippen LogP contribution in [0.1, 0.15) is 37.9 Å². The maximum atomic E-state index is 12.7. The molecular weight excluding hydrogens is 384 g/mol. The molecular formula is C22H31N4O2S+. The van der Waals surface area contributed by atoms with Crippen molar-refractivity contribution in [3.8, 4) is 0 Å². The fourth-order valence-corrected chi connectivity index (χ4v) is 4.76. The molecule has 1 aliphatic carbocycles. The second-order valence-electron chi connectivity index (χ2n) is 7.39. The van der Waals surface area contributed by atoms with Gasteiger partial charge in [-0.25, -0.2) is 4.79 Å². The Morgan fingerprint density at radius 1 is 1.21 bits per heavy atom. The summed E-state index contributed by atoms with van der Waals surface area (Å²) in [6.07, 6.45) is 3.89. The van der Waals surface area contributed by atoms with Crippen molar-refractivity contribution in [2.45, 2.75) is 51.1 Å². The zero-order valence-corrected chi connectivity index (χ0v) is 18.2. The second-order valence-corrected chi connectivity index (χ2v) is 8.36. The van der Waals surface area contributed by atoms with E-state index in [1.807, 2.05) is 34.9 Å². The molecule has 1 amide bonds. The standard InChI is InChI=1S/C22H30N4O2S/c1-3-25(4-2)14-9-15-26-19-13-8-12-18(19)21(24-22(26)28)29-16-20(27)23-17-10-6-5-7-11-17/h5-7,10-11H,3-4,8-9,12-16H2,1-2H3,(H,23,27)/p+1. The molecule has 1 heterocycles. The minimum atomic E-state index is -0.175. The number of fused-ring (bicyclic) bond motifs is 1. The van der Waals surface area contributed by atoms with Crippen LogP contribution < -0.4 is 15.9 Å². The van der Waals surface area contributed by atoms with Gasteiger partial charge in [0.25, 0.3) is 0 Å². The molecule has 0 radical (unpaired) electrons. The van der Waals surface area contributed by atoms with Gasteiger partial charge in [0.05, 0.1) is 25.4 Å². The Morgan fingerprint density at radius 3 is 2.69 bits per heavy atom. The first-order chi connectivity index (χ1) is 14.1. The summed E-state index contributed by atoms with van der Waals surface area (Å²) in [5, 5.41) is 3.61.